The number of hydrogen-bond donors (Lipinski definition) is 3. The standard InChI is InChI=1S/C20H30FN3O5S/c1-14(16-9-17(21)11-18(10-16)29-13-15-5-6-15)23-30(27,28)8-4-2-3-7-24-12-19(25)22-20(24)26/h9-11,14-15,20,23,26H,2-8,12-13H2,1H3,(H,22,25)/t14-,20?/m1/s1. The van der Waals surface area contributed by atoms with Gasteiger partial charge in [-0.3, -0.25) is 9.69 Å². The fraction of sp³-hybridized carbons (Fsp3) is 0.650. The number of aliphatic hydroxyl groups is 1. The summed E-state index contributed by atoms with van der Waals surface area (Å²) in [6.45, 7) is 2.90. The number of rotatable bonds is 12. The Labute approximate surface area is 176 Å². The van der Waals surface area contributed by atoms with Crippen molar-refractivity contribution in [2.75, 3.05) is 25.4 Å². The lowest BCUT2D eigenvalue weighted by Gasteiger charge is -2.18. The van der Waals surface area contributed by atoms with E-state index in [4.69, 9.17) is 4.74 Å². The van der Waals surface area contributed by atoms with Crippen LogP contribution in [0.25, 0.3) is 0 Å². The monoisotopic (exact) mass is 443 g/mol. The predicted octanol–water partition coefficient (Wildman–Crippen LogP) is 1.47. The number of carbonyl (C=O) groups excluding carboxylic acids is 1. The minimum Gasteiger partial charge on any atom is -0.493 e. The average molecular weight is 444 g/mol. The molecule has 1 amide bonds. The fourth-order valence-electron chi connectivity index (χ4n) is 3.35. The first-order valence-electron chi connectivity index (χ1n) is 10.4. The largest absolute Gasteiger partial charge is 0.493 e. The molecule has 1 aliphatic carbocycles. The number of hydrogen-bond acceptors (Lipinski definition) is 6. The maximum Gasteiger partial charge on any atom is 0.237 e. The van der Waals surface area contributed by atoms with E-state index in [0.29, 0.717) is 49.6 Å². The van der Waals surface area contributed by atoms with Crippen LogP contribution in [0.2, 0.25) is 0 Å². The molecule has 0 spiro atoms. The van der Waals surface area contributed by atoms with Crippen molar-refractivity contribution in [1.29, 1.82) is 0 Å². The number of nitrogens with one attached hydrogen (secondary N) is 2. The van der Waals surface area contributed by atoms with Gasteiger partial charge in [-0.1, -0.05) is 6.42 Å². The van der Waals surface area contributed by atoms with Crippen molar-refractivity contribution in [2.45, 2.75) is 51.4 Å². The molecule has 1 aromatic rings. The van der Waals surface area contributed by atoms with Crippen molar-refractivity contribution in [3.05, 3.63) is 29.6 Å². The summed E-state index contributed by atoms with van der Waals surface area (Å²) in [5.41, 5.74) is 0.518. The molecule has 1 aliphatic heterocycles. The van der Waals surface area contributed by atoms with Crippen molar-refractivity contribution >= 4 is 15.9 Å². The van der Waals surface area contributed by atoms with E-state index in [0.717, 1.165) is 12.8 Å². The predicted molar refractivity (Wildman–Crippen MR) is 110 cm³/mol. The van der Waals surface area contributed by atoms with Gasteiger partial charge in [0, 0.05) is 18.7 Å². The van der Waals surface area contributed by atoms with Crippen LogP contribution in [-0.2, 0) is 14.8 Å². The first kappa shape index (κ1) is 22.9. The summed E-state index contributed by atoms with van der Waals surface area (Å²) in [6, 6.07) is 3.72. The van der Waals surface area contributed by atoms with Crippen LogP contribution in [-0.4, -0.2) is 56.1 Å². The SMILES string of the molecule is C[C@@H](NS(=O)(=O)CCCCCN1CC(=O)NC1O)c1cc(F)cc(OCC2CC2)c1. The Morgan fingerprint density at radius 1 is 1.30 bits per heavy atom. The van der Waals surface area contributed by atoms with E-state index in [1.807, 2.05) is 0 Å². The fourth-order valence-corrected chi connectivity index (χ4v) is 4.73. The molecule has 2 fully saturated rings. The van der Waals surface area contributed by atoms with Crippen LogP contribution in [0.3, 0.4) is 0 Å². The highest BCUT2D eigenvalue weighted by Gasteiger charge is 2.27. The summed E-state index contributed by atoms with van der Waals surface area (Å²) in [6.07, 6.45) is 3.06. The number of ether oxygens (including phenoxy) is 1. The summed E-state index contributed by atoms with van der Waals surface area (Å²) in [5.74, 6) is 0.235. The minimum atomic E-state index is -3.53. The second-order valence-electron chi connectivity index (χ2n) is 8.11. The van der Waals surface area contributed by atoms with Gasteiger partial charge < -0.3 is 15.2 Å². The molecule has 2 atom stereocenters. The molecule has 3 rings (SSSR count). The van der Waals surface area contributed by atoms with E-state index < -0.39 is 28.2 Å². The average Bonchev–Trinajstić information content (AvgIpc) is 3.43. The molecule has 1 unspecified atom stereocenters. The molecule has 0 aromatic heterocycles. The minimum absolute atomic E-state index is 0.0442. The number of sulfonamides is 1. The molecule has 3 N–H and O–H groups in total. The second-order valence-corrected chi connectivity index (χ2v) is 9.98. The van der Waals surface area contributed by atoms with Gasteiger partial charge in [0.05, 0.1) is 18.9 Å². The number of unbranched alkanes of at least 4 members (excludes halogenated alkanes) is 2. The molecule has 1 saturated heterocycles. The van der Waals surface area contributed by atoms with Crippen LogP contribution < -0.4 is 14.8 Å². The molecule has 1 saturated carbocycles. The van der Waals surface area contributed by atoms with Gasteiger partial charge in [-0.15, -0.1) is 0 Å². The summed E-state index contributed by atoms with van der Waals surface area (Å²) < 4.78 is 46.9. The topological polar surface area (TPSA) is 108 Å². The van der Waals surface area contributed by atoms with E-state index in [1.54, 1.807) is 17.9 Å². The van der Waals surface area contributed by atoms with Gasteiger partial charge in [0.25, 0.3) is 0 Å². The van der Waals surface area contributed by atoms with Crippen LogP contribution in [0.5, 0.6) is 5.75 Å². The van der Waals surface area contributed by atoms with E-state index in [2.05, 4.69) is 10.0 Å². The lowest BCUT2D eigenvalue weighted by molar-refractivity contribution is -0.119. The molecule has 2 aliphatic rings. The van der Waals surface area contributed by atoms with Crippen LogP contribution in [0.4, 0.5) is 4.39 Å². The Bertz CT molecular complexity index is 847. The van der Waals surface area contributed by atoms with Gasteiger partial charge in [0.1, 0.15) is 11.6 Å². The molecule has 10 heteroatoms. The summed E-state index contributed by atoms with van der Waals surface area (Å²) in [4.78, 5) is 12.8. The van der Waals surface area contributed by atoms with Crippen LogP contribution in [0, 0.1) is 11.7 Å². The molecule has 30 heavy (non-hydrogen) atoms. The molecule has 1 heterocycles. The molecule has 1 aromatic carbocycles. The van der Waals surface area contributed by atoms with E-state index in [9.17, 15) is 22.7 Å². The first-order chi connectivity index (χ1) is 14.2. The molecule has 168 valence electrons. The molecule has 0 bridgehead atoms. The van der Waals surface area contributed by atoms with Gasteiger partial charge >= 0.3 is 0 Å². The van der Waals surface area contributed by atoms with Crippen LogP contribution in [0.15, 0.2) is 18.2 Å². The van der Waals surface area contributed by atoms with Gasteiger partial charge in [0.2, 0.25) is 15.9 Å². The zero-order valence-electron chi connectivity index (χ0n) is 17.1. The van der Waals surface area contributed by atoms with Gasteiger partial charge in [-0.25, -0.2) is 17.5 Å². The van der Waals surface area contributed by atoms with Crippen molar-refractivity contribution in [2.24, 2.45) is 5.92 Å². The zero-order chi connectivity index (χ0) is 21.7. The number of aliphatic hydroxyl groups excluding tert-OH is 1. The van der Waals surface area contributed by atoms with Crippen LogP contribution in [0.1, 0.15) is 50.6 Å². The first-order valence-corrected chi connectivity index (χ1v) is 12.0. The lowest BCUT2D eigenvalue weighted by atomic mass is 10.1. The van der Waals surface area contributed by atoms with Crippen molar-refractivity contribution < 1.29 is 27.4 Å². The Hall–Kier alpha value is -1.75. The Morgan fingerprint density at radius 2 is 2.07 bits per heavy atom. The van der Waals surface area contributed by atoms with Crippen LogP contribution >= 0.6 is 0 Å². The Morgan fingerprint density at radius 3 is 2.73 bits per heavy atom. The van der Waals surface area contributed by atoms with Crippen molar-refractivity contribution in [3.8, 4) is 5.75 Å². The zero-order valence-corrected chi connectivity index (χ0v) is 18.0. The number of amides is 1. The third-order valence-corrected chi connectivity index (χ3v) is 6.81. The molecular weight excluding hydrogens is 413 g/mol. The maximum absolute atomic E-state index is 13.9. The van der Waals surface area contributed by atoms with E-state index in [-0.39, 0.29) is 18.2 Å². The lowest BCUT2D eigenvalue weighted by Crippen LogP contribution is -2.36. The third kappa shape index (κ3) is 7.19. The van der Waals surface area contributed by atoms with Gasteiger partial charge in [-0.05, 0) is 56.2 Å². The van der Waals surface area contributed by atoms with Crippen molar-refractivity contribution in [3.63, 3.8) is 0 Å². The highest BCUT2D eigenvalue weighted by Crippen LogP contribution is 2.30. The summed E-state index contributed by atoms with van der Waals surface area (Å²) >= 11 is 0. The highest BCUT2D eigenvalue weighted by atomic mass is 32.2. The summed E-state index contributed by atoms with van der Waals surface area (Å²) in [5, 5.41) is 12.0. The molecular formula is C20H30FN3O5S. The van der Waals surface area contributed by atoms with Crippen molar-refractivity contribution in [1.82, 2.24) is 14.9 Å². The second kappa shape index (κ2) is 10.0. The quantitative estimate of drug-likeness (QED) is 0.422. The van der Waals surface area contributed by atoms with Gasteiger partial charge in [-0.2, -0.15) is 0 Å². The number of benzene rings is 1. The number of nitrogens with zero attached hydrogens (tertiary/aromatic N) is 1. The smallest absolute Gasteiger partial charge is 0.237 e. The third-order valence-electron chi connectivity index (χ3n) is 5.27. The number of carbonyl (C=O) groups is 1. The number of halogens is 1. The van der Waals surface area contributed by atoms with Gasteiger partial charge in [0.15, 0.2) is 6.35 Å². The highest BCUT2D eigenvalue weighted by molar-refractivity contribution is 7.89. The molecule has 0 radical (unpaired) electrons. The Balaban J connectivity index is 1.42. The normalized spacial score (nSPS) is 20.9. The van der Waals surface area contributed by atoms with E-state index >= 15 is 0 Å². The summed E-state index contributed by atoms with van der Waals surface area (Å²) in [7, 11) is -3.53. The maximum atomic E-state index is 13.9. The molecule has 8 nitrogen and oxygen atoms in total. The Kier molecular flexibility index (Phi) is 7.67. The van der Waals surface area contributed by atoms with E-state index in [1.165, 1.54) is 12.1 Å².